The molecule has 0 bridgehead atoms. The molecule has 2 aromatic heterocycles. The molecule has 8 nitrogen and oxygen atoms in total. The van der Waals surface area contributed by atoms with E-state index in [0.717, 1.165) is 24.0 Å². The zero-order chi connectivity index (χ0) is 21.4. The van der Waals surface area contributed by atoms with Crippen molar-refractivity contribution in [3.63, 3.8) is 0 Å². The van der Waals surface area contributed by atoms with E-state index >= 15 is 0 Å². The van der Waals surface area contributed by atoms with Gasteiger partial charge in [0.25, 0.3) is 5.56 Å². The number of pyridine rings is 1. The van der Waals surface area contributed by atoms with Gasteiger partial charge in [-0.05, 0) is 30.5 Å². The first-order chi connectivity index (χ1) is 14.1. The zero-order valence-corrected chi connectivity index (χ0v) is 17.5. The van der Waals surface area contributed by atoms with Crippen LogP contribution in [-0.2, 0) is 27.4 Å². The van der Waals surface area contributed by atoms with Gasteiger partial charge < -0.3 is 20.2 Å². The number of benzene rings is 1. The van der Waals surface area contributed by atoms with Gasteiger partial charge in [-0.3, -0.25) is 9.59 Å². The van der Waals surface area contributed by atoms with E-state index in [4.69, 9.17) is 5.73 Å². The molecule has 1 amide bonds. The number of nitrogens with two attached hydrogens (primary N) is 1. The van der Waals surface area contributed by atoms with Gasteiger partial charge in [-0.2, -0.15) is 0 Å². The topological polar surface area (TPSA) is 116 Å². The van der Waals surface area contributed by atoms with Crippen molar-refractivity contribution in [2.75, 3.05) is 11.6 Å². The second kappa shape index (κ2) is 6.21. The Kier molecular flexibility index (Phi) is 3.92. The summed E-state index contributed by atoms with van der Waals surface area (Å²) in [7, 11) is -1.52. The van der Waals surface area contributed by atoms with E-state index < -0.39 is 21.8 Å². The van der Waals surface area contributed by atoms with Crippen LogP contribution in [0, 0.1) is 0 Å². The fraction of sp³-hybridized carbons (Fsp3) is 0.333. The third-order valence-electron chi connectivity index (χ3n) is 5.82. The van der Waals surface area contributed by atoms with E-state index in [9.17, 15) is 18.0 Å². The van der Waals surface area contributed by atoms with Crippen LogP contribution >= 0.6 is 0 Å². The summed E-state index contributed by atoms with van der Waals surface area (Å²) in [5, 5.41) is 3.92. The monoisotopic (exact) mass is 426 g/mol. The Balaban J connectivity index is 1.87. The molecule has 3 aromatic rings. The van der Waals surface area contributed by atoms with Crippen LogP contribution in [0.3, 0.4) is 0 Å². The number of carbonyl (C=O) groups excluding carboxylic acids is 1. The van der Waals surface area contributed by atoms with Gasteiger partial charge in [0.05, 0.1) is 5.75 Å². The molecule has 3 heterocycles. The number of anilines is 1. The molecule has 1 fully saturated rings. The molecule has 1 atom stereocenters. The van der Waals surface area contributed by atoms with E-state index in [0.29, 0.717) is 27.7 Å². The van der Waals surface area contributed by atoms with Crippen LogP contribution in [0.15, 0.2) is 35.4 Å². The highest BCUT2D eigenvalue weighted by Crippen LogP contribution is 2.45. The summed E-state index contributed by atoms with van der Waals surface area (Å²) < 4.78 is 27.2. The molecular weight excluding hydrogens is 404 g/mol. The molecule has 1 aliphatic heterocycles. The van der Waals surface area contributed by atoms with Crippen LogP contribution in [-0.4, -0.2) is 29.7 Å². The van der Waals surface area contributed by atoms with Crippen LogP contribution in [0.5, 0.6) is 0 Å². The zero-order valence-electron chi connectivity index (χ0n) is 16.7. The third-order valence-corrected chi connectivity index (χ3v) is 6.67. The van der Waals surface area contributed by atoms with Gasteiger partial charge in [0.2, 0.25) is 5.91 Å². The third kappa shape index (κ3) is 2.92. The van der Waals surface area contributed by atoms with Crippen molar-refractivity contribution in [2.24, 2.45) is 12.8 Å². The molecule has 0 saturated heterocycles. The number of nitrogens with zero attached hydrogens (tertiary/aromatic N) is 2. The number of rotatable bonds is 4. The highest BCUT2D eigenvalue weighted by atomic mass is 32.2. The largest absolute Gasteiger partial charge is 0.370 e. The maximum absolute atomic E-state index is 13.1. The molecule has 1 aromatic carbocycles. The maximum Gasteiger partial charge on any atom is 0.274 e. The number of hydrogen-bond acceptors (Lipinski definition) is 5. The maximum atomic E-state index is 13.1. The summed E-state index contributed by atoms with van der Waals surface area (Å²) in [6, 6.07) is 4.76. The van der Waals surface area contributed by atoms with Gasteiger partial charge in [-0.15, -0.1) is 0 Å². The average Bonchev–Trinajstić information content (AvgIpc) is 3.43. The smallest absolute Gasteiger partial charge is 0.274 e. The molecule has 1 unspecified atom stereocenters. The number of carbonyl (C=O) groups is 1. The number of sulfone groups is 1. The van der Waals surface area contributed by atoms with Crippen LogP contribution in [0.25, 0.3) is 22.0 Å². The first-order valence-corrected chi connectivity index (χ1v) is 11.8. The summed E-state index contributed by atoms with van der Waals surface area (Å²) in [5.41, 5.74) is 9.67. The van der Waals surface area contributed by atoms with Crippen molar-refractivity contribution in [1.82, 2.24) is 9.13 Å². The standard InChI is InChI=1S/C21H22N4O4S/c1-24-8-14-13-7-11(10-30(2,28)29)3-6-16(13)23-18(20(22)26)15-9-25(12-4-5-12)19(17(14)15)21(24)27/h3,6-9,12,18,23H,4-5,10H2,1-2H3,(H2,22,26). The molecular formula is C21H22N4O4S. The normalized spacial score (nSPS) is 18.0. The van der Waals surface area contributed by atoms with Gasteiger partial charge in [-0.25, -0.2) is 8.42 Å². The Morgan fingerprint density at radius 2 is 1.97 bits per heavy atom. The van der Waals surface area contributed by atoms with Crippen molar-refractivity contribution >= 4 is 32.3 Å². The lowest BCUT2D eigenvalue weighted by Crippen LogP contribution is -2.27. The van der Waals surface area contributed by atoms with Crippen LogP contribution in [0.1, 0.15) is 36.1 Å². The Morgan fingerprint density at radius 3 is 2.60 bits per heavy atom. The van der Waals surface area contributed by atoms with E-state index in [1.807, 2.05) is 16.8 Å². The van der Waals surface area contributed by atoms with Gasteiger partial charge in [0.15, 0.2) is 9.84 Å². The predicted octanol–water partition coefficient (Wildman–Crippen LogP) is 1.84. The predicted molar refractivity (Wildman–Crippen MR) is 115 cm³/mol. The van der Waals surface area contributed by atoms with Gasteiger partial charge in [0, 0.05) is 59.5 Å². The number of fused-ring (bicyclic) bond motifs is 2. The van der Waals surface area contributed by atoms with Gasteiger partial charge >= 0.3 is 0 Å². The van der Waals surface area contributed by atoms with E-state index in [2.05, 4.69) is 5.32 Å². The molecule has 9 heteroatoms. The van der Waals surface area contributed by atoms with Crippen molar-refractivity contribution in [3.8, 4) is 11.1 Å². The Morgan fingerprint density at radius 1 is 1.23 bits per heavy atom. The number of primary amides is 1. The van der Waals surface area contributed by atoms with Crippen molar-refractivity contribution in [2.45, 2.75) is 30.7 Å². The summed E-state index contributed by atoms with van der Waals surface area (Å²) >= 11 is 0. The highest BCUT2D eigenvalue weighted by molar-refractivity contribution is 7.89. The van der Waals surface area contributed by atoms with E-state index in [1.165, 1.54) is 10.8 Å². The lowest BCUT2D eigenvalue weighted by atomic mass is 9.98. The Labute approximate surface area is 173 Å². The Hall–Kier alpha value is -3.07. The van der Waals surface area contributed by atoms with Crippen LogP contribution in [0.2, 0.25) is 0 Å². The first kappa shape index (κ1) is 18.9. The average molecular weight is 426 g/mol. The number of nitrogens with one attached hydrogen (secondary N) is 1. The SMILES string of the molecule is Cn1cc2c3c(cn(C4CC4)c3c1=O)C(C(N)=O)Nc1ccc(CS(C)(=O)=O)cc1-2. The summed E-state index contributed by atoms with van der Waals surface area (Å²) in [5.74, 6) is -0.630. The minimum atomic E-state index is -3.22. The van der Waals surface area contributed by atoms with Gasteiger partial charge in [0.1, 0.15) is 11.6 Å². The van der Waals surface area contributed by atoms with E-state index in [1.54, 1.807) is 25.4 Å². The van der Waals surface area contributed by atoms with Crippen LogP contribution in [0.4, 0.5) is 5.69 Å². The second-order valence-electron chi connectivity index (χ2n) is 8.34. The number of hydrogen-bond donors (Lipinski definition) is 2. The number of amides is 1. The molecule has 0 spiro atoms. The quantitative estimate of drug-likeness (QED) is 0.660. The highest BCUT2D eigenvalue weighted by Gasteiger charge is 2.34. The first-order valence-electron chi connectivity index (χ1n) is 9.75. The molecule has 5 rings (SSSR count). The summed E-state index contributed by atoms with van der Waals surface area (Å²) in [6.45, 7) is 0. The van der Waals surface area contributed by atoms with Crippen molar-refractivity contribution < 1.29 is 13.2 Å². The lowest BCUT2D eigenvalue weighted by Gasteiger charge is -2.17. The van der Waals surface area contributed by atoms with Gasteiger partial charge in [-0.1, -0.05) is 6.07 Å². The van der Waals surface area contributed by atoms with Crippen molar-refractivity contribution in [1.29, 1.82) is 0 Å². The Bertz CT molecular complexity index is 1400. The molecule has 156 valence electrons. The molecule has 2 aliphatic rings. The van der Waals surface area contributed by atoms with Crippen molar-refractivity contribution in [3.05, 3.63) is 52.1 Å². The number of aryl methyl sites for hydroxylation is 1. The number of aromatic nitrogens is 2. The lowest BCUT2D eigenvalue weighted by molar-refractivity contribution is -0.118. The fourth-order valence-electron chi connectivity index (χ4n) is 4.38. The minimum absolute atomic E-state index is 0.0929. The second-order valence-corrected chi connectivity index (χ2v) is 10.5. The summed E-state index contributed by atoms with van der Waals surface area (Å²) in [4.78, 5) is 25.4. The molecule has 30 heavy (non-hydrogen) atoms. The fourth-order valence-corrected chi connectivity index (χ4v) is 5.17. The molecule has 0 radical (unpaired) electrons. The minimum Gasteiger partial charge on any atom is -0.370 e. The summed E-state index contributed by atoms with van der Waals surface area (Å²) in [6.07, 6.45) is 6.79. The molecule has 1 aliphatic carbocycles. The van der Waals surface area contributed by atoms with E-state index in [-0.39, 0.29) is 17.4 Å². The molecule has 3 N–H and O–H groups in total. The molecule has 1 saturated carbocycles. The van der Waals surface area contributed by atoms with Crippen LogP contribution < -0.4 is 16.6 Å².